The number of H-pyrrole nitrogens is 2. The van der Waals surface area contributed by atoms with Crippen LogP contribution >= 0.6 is 31.9 Å². The number of rotatable bonds is 0. The first kappa shape index (κ1) is 13.2. The number of aromatic amines is 2. The van der Waals surface area contributed by atoms with Crippen molar-refractivity contribution in [1.29, 1.82) is 0 Å². The lowest BCUT2D eigenvalue weighted by Crippen LogP contribution is -2.09. The third-order valence-corrected chi connectivity index (χ3v) is 4.46. The van der Waals surface area contributed by atoms with Crippen LogP contribution in [0.2, 0.25) is 0 Å². The van der Waals surface area contributed by atoms with Crippen molar-refractivity contribution in [3.63, 3.8) is 0 Å². The molecular formula is C12H6Br2N2O4. The highest BCUT2D eigenvalue weighted by molar-refractivity contribution is 9.10. The Hall–Kier alpha value is -1.80. The predicted molar refractivity (Wildman–Crippen MR) is 81.4 cm³/mol. The molecule has 8 heteroatoms. The number of aromatic hydroxyl groups is 2. The van der Waals surface area contributed by atoms with Crippen LogP contribution in [0.3, 0.4) is 0 Å². The summed E-state index contributed by atoms with van der Waals surface area (Å²) in [4.78, 5) is 28.4. The van der Waals surface area contributed by atoms with Crippen LogP contribution in [0.1, 0.15) is 0 Å². The summed E-state index contributed by atoms with van der Waals surface area (Å²) in [6.07, 6.45) is 0. The molecule has 2 aromatic heterocycles. The quantitative estimate of drug-likeness (QED) is 0.433. The summed E-state index contributed by atoms with van der Waals surface area (Å²) in [5.41, 5.74) is -0.287. The summed E-state index contributed by atoms with van der Waals surface area (Å²) < 4.78 is -0.0848. The number of nitrogens with one attached hydrogen (secondary N) is 2. The molecule has 0 unspecified atom stereocenters. The molecule has 0 saturated carbocycles. The number of pyridine rings is 2. The van der Waals surface area contributed by atoms with Crippen LogP contribution in [0.25, 0.3) is 21.8 Å². The monoisotopic (exact) mass is 400 g/mol. The average molecular weight is 402 g/mol. The lowest BCUT2D eigenvalue weighted by atomic mass is 10.1. The standard InChI is InChI=1S/C12H6Br2N2O4/c13-7-9(17)5-3(15-11(7)19)1-2-4-6(5)10(18)8(14)12(20)16-4/h1-2H,(H2,15,17,19)(H2,16,18,20). The van der Waals surface area contributed by atoms with Crippen LogP contribution in [0, 0.1) is 0 Å². The molecule has 0 aliphatic carbocycles. The highest BCUT2D eigenvalue weighted by Gasteiger charge is 2.17. The first-order valence-corrected chi connectivity index (χ1v) is 6.98. The minimum Gasteiger partial charge on any atom is -0.506 e. The van der Waals surface area contributed by atoms with E-state index in [4.69, 9.17) is 0 Å². The SMILES string of the molecule is O=c1[nH]c2ccc3[nH]c(=O)c(Br)c(O)c3c2c(O)c1Br. The molecule has 0 amide bonds. The second kappa shape index (κ2) is 4.35. The highest BCUT2D eigenvalue weighted by Crippen LogP contribution is 2.39. The van der Waals surface area contributed by atoms with Gasteiger partial charge >= 0.3 is 0 Å². The lowest BCUT2D eigenvalue weighted by Gasteiger charge is -2.09. The van der Waals surface area contributed by atoms with E-state index < -0.39 is 11.1 Å². The van der Waals surface area contributed by atoms with Crippen LogP contribution in [0.4, 0.5) is 0 Å². The van der Waals surface area contributed by atoms with E-state index in [1.165, 1.54) is 12.1 Å². The van der Waals surface area contributed by atoms with Crippen LogP contribution in [0.5, 0.6) is 11.5 Å². The lowest BCUT2D eigenvalue weighted by molar-refractivity contribution is 0.472. The summed E-state index contributed by atoms with van der Waals surface area (Å²) in [7, 11) is 0. The van der Waals surface area contributed by atoms with Crippen molar-refractivity contribution < 1.29 is 10.2 Å². The number of halogens is 2. The molecule has 0 atom stereocenters. The first-order valence-electron chi connectivity index (χ1n) is 5.39. The van der Waals surface area contributed by atoms with E-state index in [9.17, 15) is 19.8 Å². The van der Waals surface area contributed by atoms with Gasteiger partial charge in [0.05, 0.1) is 21.8 Å². The van der Waals surface area contributed by atoms with Crippen molar-refractivity contribution in [1.82, 2.24) is 9.97 Å². The topological polar surface area (TPSA) is 106 Å². The molecule has 4 N–H and O–H groups in total. The van der Waals surface area contributed by atoms with Gasteiger partial charge in [-0.1, -0.05) is 0 Å². The third-order valence-electron chi connectivity index (χ3n) is 2.99. The largest absolute Gasteiger partial charge is 0.506 e. The van der Waals surface area contributed by atoms with E-state index in [-0.39, 0.29) is 31.2 Å². The maximum atomic E-state index is 11.6. The fourth-order valence-electron chi connectivity index (χ4n) is 2.09. The second-order valence-corrected chi connectivity index (χ2v) is 5.73. The number of hydrogen-bond acceptors (Lipinski definition) is 4. The molecule has 0 aliphatic heterocycles. The molecule has 1 aromatic carbocycles. The zero-order valence-electron chi connectivity index (χ0n) is 9.62. The number of fused-ring (bicyclic) bond motifs is 3. The van der Waals surface area contributed by atoms with Crippen molar-refractivity contribution in [2.24, 2.45) is 0 Å². The zero-order valence-corrected chi connectivity index (χ0v) is 12.8. The minimum absolute atomic E-state index is 0.0424. The first-order chi connectivity index (χ1) is 9.41. The van der Waals surface area contributed by atoms with Gasteiger partial charge in [-0.25, -0.2) is 0 Å². The van der Waals surface area contributed by atoms with Gasteiger partial charge in [0.2, 0.25) is 0 Å². The maximum Gasteiger partial charge on any atom is 0.266 e. The second-order valence-electron chi connectivity index (χ2n) is 4.14. The van der Waals surface area contributed by atoms with Crippen molar-refractivity contribution in [2.75, 3.05) is 0 Å². The predicted octanol–water partition coefficient (Wildman–Crippen LogP) is 2.31. The Morgan fingerprint density at radius 1 is 0.800 bits per heavy atom. The normalized spacial score (nSPS) is 11.3. The molecule has 0 radical (unpaired) electrons. The molecule has 0 aliphatic rings. The Morgan fingerprint density at radius 2 is 1.15 bits per heavy atom. The molecule has 20 heavy (non-hydrogen) atoms. The van der Waals surface area contributed by atoms with Crippen LogP contribution in [-0.2, 0) is 0 Å². The molecule has 0 fully saturated rings. The molecule has 0 spiro atoms. The van der Waals surface area contributed by atoms with Gasteiger partial charge in [0.15, 0.2) is 0 Å². The molecule has 0 bridgehead atoms. The fraction of sp³-hybridized carbons (Fsp3) is 0. The number of hydrogen-bond donors (Lipinski definition) is 4. The van der Waals surface area contributed by atoms with Gasteiger partial charge in [-0.3, -0.25) is 9.59 Å². The smallest absolute Gasteiger partial charge is 0.266 e. The van der Waals surface area contributed by atoms with E-state index in [0.29, 0.717) is 11.0 Å². The van der Waals surface area contributed by atoms with E-state index in [1.807, 2.05) is 0 Å². The van der Waals surface area contributed by atoms with Gasteiger partial charge in [-0.15, -0.1) is 0 Å². The Labute approximate surface area is 127 Å². The summed E-state index contributed by atoms with van der Waals surface area (Å²) in [6.45, 7) is 0. The molecular weight excluding hydrogens is 396 g/mol. The zero-order chi connectivity index (χ0) is 14.6. The van der Waals surface area contributed by atoms with Crippen molar-refractivity contribution in [2.45, 2.75) is 0 Å². The molecule has 3 rings (SSSR count). The number of benzene rings is 1. The van der Waals surface area contributed by atoms with E-state index in [2.05, 4.69) is 41.8 Å². The summed E-state index contributed by atoms with van der Waals surface area (Å²) in [5.74, 6) is -0.604. The molecule has 2 heterocycles. The van der Waals surface area contributed by atoms with Gasteiger partial charge in [0, 0.05) is 0 Å². The molecule has 0 saturated heterocycles. The summed E-state index contributed by atoms with van der Waals surface area (Å²) in [6, 6.07) is 3.07. The van der Waals surface area contributed by atoms with E-state index in [1.54, 1.807) is 0 Å². The van der Waals surface area contributed by atoms with Gasteiger partial charge in [0.1, 0.15) is 20.4 Å². The van der Waals surface area contributed by atoms with Crippen molar-refractivity contribution in [3.8, 4) is 11.5 Å². The van der Waals surface area contributed by atoms with Crippen molar-refractivity contribution >= 4 is 53.7 Å². The van der Waals surface area contributed by atoms with Gasteiger partial charge in [0.25, 0.3) is 11.1 Å². The van der Waals surface area contributed by atoms with Gasteiger partial charge in [-0.05, 0) is 44.0 Å². The fourth-order valence-corrected chi connectivity index (χ4v) is 2.69. The van der Waals surface area contributed by atoms with Gasteiger partial charge in [-0.2, -0.15) is 0 Å². The maximum absolute atomic E-state index is 11.6. The molecule has 3 aromatic rings. The molecule has 102 valence electrons. The molecule has 6 nitrogen and oxygen atoms in total. The van der Waals surface area contributed by atoms with Crippen molar-refractivity contribution in [3.05, 3.63) is 41.8 Å². The number of aromatic nitrogens is 2. The van der Waals surface area contributed by atoms with Crippen LogP contribution in [0.15, 0.2) is 30.7 Å². The Balaban J connectivity index is 2.73. The average Bonchev–Trinajstić information content (AvgIpc) is 2.42. The Kier molecular flexibility index (Phi) is 2.87. The van der Waals surface area contributed by atoms with E-state index in [0.717, 1.165) is 0 Å². The van der Waals surface area contributed by atoms with E-state index >= 15 is 0 Å². The summed E-state index contributed by atoms with van der Waals surface area (Å²) in [5, 5.41) is 20.8. The Bertz CT molecular complexity index is 910. The summed E-state index contributed by atoms with van der Waals surface area (Å²) >= 11 is 5.97. The highest BCUT2D eigenvalue weighted by atomic mass is 79.9. The van der Waals surface area contributed by atoms with Crippen LogP contribution < -0.4 is 11.1 Å². The minimum atomic E-state index is -0.489. The van der Waals surface area contributed by atoms with Gasteiger partial charge < -0.3 is 20.2 Å². The third kappa shape index (κ3) is 1.68. The Morgan fingerprint density at radius 3 is 1.50 bits per heavy atom. The van der Waals surface area contributed by atoms with Crippen LogP contribution in [-0.4, -0.2) is 20.2 Å².